The molecule has 0 bridgehead atoms. The predicted octanol–water partition coefficient (Wildman–Crippen LogP) is 2.27. The van der Waals surface area contributed by atoms with Gasteiger partial charge >= 0.3 is 35.0 Å². The first-order valence-corrected chi connectivity index (χ1v) is 5.52. The molecule has 2 aromatic rings. The van der Waals surface area contributed by atoms with E-state index in [0.717, 1.165) is 10.8 Å². The highest BCUT2D eigenvalue weighted by Crippen LogP contribution is 2.15. The van der Waals surface area contributed by atoms with E-state index in [1.54, 1.807) is 12.1 Å². The minimum Gasteiger partial charge on any atom is -0.478 e. The molecule has 0 atom stereocenters. The number of carbonyl (C=O) groups is 2. The SMILES string of the molecule is C=C(C)C(=O)O.O=C(O)c1ccc2ccccc2c1.[MgH2]. The van der Waals surface area contributed by atoms with E-state index < -0.39 is 11.9 Å². The van der Waals surface area contributed by atoms with Crippen molar-refractivity contribution in [2.24, 2.45) is 0 Å². The van der Waals surface area contributed by atoms with Crippen LogP contribution in [0.4, 0.5) is 0 Å². The second kappa shape index (κ2) is 8.34. The lowest BCUT2D eigenvalue weighted by Gasteiger charge is -1.98. The van der Waals surface area contributed by atoms with Gasteiger partial charge in [0.1, 0.15) is 0 Å². The van der Waals surface area contributed by atoms with Gasteiger partial charge in [0.05, 0.1) is 5.56 Å². The second-order valence-electron chi connectivity index (χ2n) is 3.95. The number of hydrogen-bond acceptors (Lipinski definition) is 2. The van der Waals surface area contributed by atoms with Crippen LogP contribution < -0.4 is 0 Å². The third kappa shape index (κ3) is 5.42. The molecule has 2 aromatic carbocycles. The van der Waals surface area contributed by atoms with E-state index in [-0.39, 0.29) is 28.6 Å². The summed E-state index contributed by atoms with van der Waals surface area (Å²) >= 11 is 0. The smallest absolute Gasteiger partial charge is 0.335 e. The highest BCUT2D eigenvalue weighted by atomic mass is 24.3. The van der Waals surface area contributed by atoms with Crippen LogP contribution in [-0.4, -0.2) is 45.2 Å². The zero-order valence-electron chi connectivity index (χ0n) is 10.5. The molecule has 0 amide bonds. The summed E-state index contributed by atoms with van der Waals surface area (Å²) in [5.74, 6) is -1.82. The summed E-state index contributed by atoms with van der Waals surface area (Å²) in [5.41, 5.74) is 0.508. The molecule has 2 N–H and O–H groups in total. The van der Waals surface area contributed by atoms with Crippen molar-refractivity contribution in [1.82, 2.24) is 0 Å². The molecule has 0 unspecified atom stereocenters. The van der Waals surface area contributed by atoms with Crippen LogP contribution in [0.25, 0.3) is 10.8 Å². The van der Waals surface area contributed by atoms with Gasteiger partial charge in [-0.3, -0.25) is 0 Å². The number of benzene rings is 2. The van der Waals surface area contributed by atoms with Crippen molar-refractivity contribution in [1.29, 1.82) is 0 Å². The summed E-state index contributed by atoms with van der Waals surface area (Å²) in [4.78, 5) is 20.2. The predicted molar refractivity (Wildman–Crippen MR) is 81.9 cm³/mol. The first-order chi connectivity index (χ1) is 8.91. The summed E-state index contributed by atoms with van der Waals surface area (Å²) in [7, 11) is 0. The van der Waals surface area contributed by atoms with E-state index >= 15 is 0 Å². The van der Waals surface area contributed by atoms with Crippen molar-refractivity contribution in [3.05, 3.63) is 60.2 Å². The highest BCUT2D eigenvalue weighted by molar-refractivity contribution is 5.94. The maximum Gasteiger partial charge on any atom is 0.335 e. The molecule has 0 aromatic heterocycles. The average molecular weight is 285 g/mol. The van der Waals surface area contributed by atoms with Gasteiger partial charge in [0.25, 0.3) is 0 Å². The fourth-order valence-corrected chi connectivity index (χ4v) is 1.32. The quantitative estimate of drug-likeness (QED) is 0.655. The Morgan fingerprint density at radius 2 is 1.50 bits per heavy atom. The van der Waals surface area contributed by atoms with Crippen LogP contribution in [0, 0.1) is 0 Å². The van der Waals surface area contributed by atoms with E-state index in [0.29, 0.717) is 5.56 Å². The van der Waals surface area contributed by atoms with Gasteiger partial charge in [-0.05, 0) is 29.8 Å². The van der Waals surface area contributed by atoms with Crippen molar-refractivity contribution in [3.8, 4) is 0 Å². The number of aromatic carboxylic acids is 1. The fourth-order valence-electron chi connectivity index (χ4n) is 1.32. The molecule has 0 aliphatic heterocycles. The molecular formula is C15H16MgO4. The van der Waals surface area contributed by atoms with Gasteiger partial charge < -0.3 is 10.2 Å². The van der Waals surface area contributed by atoms with Crippen LogP contribution in [-0.2, 0) is 4.79 Å². The molecule has 4 nitrogen and oxygen atoms in total. The van der Waals surface area contributed by atoms with Crippen LogP contribution in [0.15, 0.2) is 54.6 Å². The number of rotatable bonds is 2. The number of hydrogen-bond donors (Lipinski definition) is 2. The summed E-state index contributed by atoms with van der Waals surface area (Å²) in [6, 6.07) is 12.8. The highest BCUT2D eigenvalue weighted by Gasteiger charge is 2.01. The van der Waals surface area contributed by atoms with Crippen LogP contribution in [0.5, 0.6) is 0 Å². The first kappa shape index (κ1) is 18.1. The topological polar surface area (TPSA) is 74.6 Å². The number of fused-ring (bicyclic) bond motifs is 1. The van der Waals surface area contributed by atoms with Gasteiger partial charge in [0.2, 0.25) is 0 Å². The molecule has 0 saturated heterocycles. The van der Waals surface area contributed by atoms with E-state index in [2.05, 4.69) is 6.58 Å². The zero-order valence-corrected chi connectivity index (χ0v) is 10.5. The first-order valence-electron chi connectivity index (χ1n) is 5.52. The summed E-state index contributed by atoms with van der Waals surface area (Å²) in [6.45, 7) is 4.60. The second-order valence-corrected chi connectivity index (χ2v) is 3.95. The Bertz CT molecular complexity index is 623. The summed E-state index contributed by atoms with van der Waals surface area (Å²) in [6.07, 6.45) is 0. The van der Waals surface area contributed by atoms with E-state index in [4.69, 9.17) is 10.2 Å². The monoisotopic (exact) mass is 284 g/mol. The van der Waals surface area contributed by atoms with E-state index in [9.17, 15) is 9.59 Å². The van der Waals surface area contributed by atoms with E-state index in [1.807, 2.05) is 30.3 Å². The van der Waals surface area contributed by atoms with Crippen molar-refractivity contribution in [2.75, 3.05) is 0 Å². The van der Waals surface area contributed by atoms with Crippen molar-refractivity contribution >= 4 is 45.8 Å². The van der Waals surface area contributed by atoms with Gasteiger partial charge in [0.15, 0.2) is 0 Å². The van der Waals surface area contributed by atoms with E-state index in [1.165, 1.54) is 6.92 Å². The molecule has 0 saturated carbocycles. The van der Waals surface area contributed by atoms with Crippen LogP contribution in [0.3, 0.4) is 0 Å². The number of aliphatic carboxylic acids is 1. The lowest BCUT2D eigenvalue weighted by molar-refractivity contribution is -0.132. The molecule has 2 rings (SSSR count). The average Bonchev–Trinajstić information content (AvgIpc) is 2.38. The Morgan fingerprint density at radius 1 is 1.00 bits per heavy atom. The molecule has 102 valence electrons. The number of carboxylic acids is 2. The summed E-state index contributed by atoms with van der Waals surface area (Å²) in [5, 5.41) is 18.7. The molecule has 0 heterocycles. The van der Waals surface area contributed by atoms with Gasteiger partial charge in [-0.2, -0.15) is 0 Å². The van der Waals surface area contributed by atoms with Crippen LogP contribution >= 0.6 is 0 Å². The van der Waals surface area contributed by atoms with Crippen LogP contribution in [0.1, 0.15) is 17.3 Å². The van der Waals surface area contributed by atoms with Crippen LogP contribution in [0.2, 0.25) is 0 Å². The fraction of sp³-hybridized carbons (Fsp3) is 0.0667. The van der Waals surface area contributed by atoms with Gasteiger partial charge in [0, 0.05) is 5.57 Å². The van der Waals surface area contributed by atoms with Crippen molar-refractivity contribution in [3.63, 3.8) is 0 Å². The Kier molecular flexibility index (Phi) is 7.57. The molecule has 0 spiro atoms. The largest absolute Gasteiger partial charge is 0.478 e. The molecule has 0 radical (unpaired) electrons. The van der Waals surface area contributed by atoms with Gasteiger partial charge in [-0.15, -0.1) is 0 Å². The minimum atomic E-state index is -0.935. The van der Waals surface area contributed by atoms with Crippen molar-refractivity contribution in [2.45, 2.75) is 6.92 Å². The standard InChI is InChI=1S/C11H8O2.C4H6O2.Mg.2H/c12-11(13)10-6-5-8-3-1-2-4-9(8)7-10;1-3(2)4(5)6;;;/h1-7H,(H,12,13);1H2,2H3,(H,5,6);;;. The normalized spacial score (nSPS) is 8.85. The molecule has 0 aliphatic carbocycles. The molecule has 20 heavy (non-hydrogen) atoms. The molecule has 0 fully saturated rings. The Hall–Kier alpha value is -1.85. The Morgan fingerprint density at radius 3 is 1.95 bits per heavy atom. The van der Waals surface area contributed by atoms with Crippen molar-refractivity contribution < 1.29 is 19.8 Å². The summed E-state index contributed by atoms with van der Waals surface area (Å²) < 4.78 is 0. The maximum atomic E-state index is 10.6. The lowest BCUT2D eigenvalue weighted by atomic mass is 10.1. The maximum absolute atomic E-state index is 10.6. The number of carboxylic acid groups (broad SMARTS) is 2. The van der Waals surface area contributed by atoms with Gasteiger partial charge in [-0.25, -0.2) is 9.59 Å². The third-order valence-electron chi connectivity index (χ3n) is 2.36. The third-order valence-corrected chi connectivity index (χ3v) is 2.36. The molecule has 5 heteroatoms. The Labute approximate surface area is 132 Å². The Balaban J connectivity index is 0.000000448. The molecule has 0 aliphatic rings. The van der Waals surface area contributed by atoms with Gasteiger partial charge in [-0.1, -0.05) is 36.9 Å². The molecular weight excluding hydrogens is 268 g/mol. The zero-order chi connectivity index (χ0) is 14.4. The minimum absolute atomic E-state index is 0. The lowest BCUT2D eigenvalue weighted by Crippen LogP contribution is -1.94.